The topological polar surface area (TPSA) is 76.9 Å². The van der Waals surface area contributed by atoms with Gasteiger partial charge in [0.05, 0.1) is 12.6 Å². The van der Waals surface area contributed by atoms with Gasteiger partial charge in [-0.2, -0.15) is 0 Å². The van der Waals surface area contributed by atoms with E-state index in [1.807, 2.05) is 37.3 Å². The molecule has 0 radical (unpaired) electrons. The lowest BCUT2D eigenvalue weighted by Crippen LogP contribution is -2.53. The van der Waals surface area contributed by atoms with Gasteiger partial charge >= 0.3 is 0 Å². The summed E-state index contributed by atoms with van der Waals surface area (Å²) in [5.74, 6) is 1.62. The highest BCUT2D eigenvalue weighted by molar-refractivity contribution is 14.0. The molecule has 1 fully saturated rings. The summed E-state index contributed by atoms with van der Waals surface area (Å²) in [6, 6.07) is 9.77. The lowest BCUT2D eigenvalue weighted by Gasteiger charge is -2.36. The molecule has 0 spiro atoms. The van der Waals surface area contributed by atoms with Crippen LogP contribution in [0.5, 0.6) is 0 Å². The molecule has 1 aliphatic rings. The Morgan fingerprint density at radius 1 is 1.14 bits per heavy atom. The van der Waals surface area contributed by atoms with E-state index in [1.165, 1.54) is 5.56 Å². The minimum Gasteiger partial charge on any atom is -0.386 e. The third kappa shape index (κ3) is 6.03. The van der Waals surface area contributed by atoms with E-state index in [2.05, 4.69) is 37.0 Å². The molecule has 1 aromatic heterocycles. The van der Waals surface area contributed by atoms with Crippen LogP contribution in [0.3, 0.4) is 0 Å². The fraction of sp³-hybridized carbons (Fsp3) is 0.450. The van der Waals surface area contributed by atoms with Gasteiger partial charge in [0.2, 0.25) is 5.95 Å². The monoisotopic (exact) mass is 496 g/mol. The summed E-state index contributed by atoms with van der Waals surface area (Å²) in [5.41, 5.74) is 2.08. The zero-order valence-corrected chi connectivity index (χ0v) is 18.8. The number of piperazine rings is 1. The molecule has 1 saturated heterocycles. The predicted octanol–water partition coefficient (Wildman–Crippen LogP) is 2.22. The van der Waals surface area contributed by atoms with Gasteiger partial charge in [0, 0.05) is 45.1 Å². The Balaban J connectivity index is 0.00000280. The number of hydrogen-bond donors (Lipinski definition) is 2. The average Bonchev–Trinajstić information content (AvgIpc) is 2.72. The Labute approximate surface area is 183 Å². The van der Waals surface area contributed by atoms with E-state index in [9.17, 15) is 5.11 Å². The lowest BCUT2D eigenvalue weighted by molar-refractivity contribution is 0.186. The predicted molar refractivity (Wildman–Crippen MR) is 123 cm³/mol. The molecule has 0 amide bonds. The summed E-state index contributed by atoms with van der Waals surface area (Å²) in [7, 11) is 0. The third-order valence-electron chi connectivity index (χ3n) is 4.63. The van der Waals surface area contributed by atoms with Gasteiger partial charge in [0.15, 0.2) is 5.96 Å². The van der Waals surface area contributed by atoms with Gasteiger partial charge in [-0.1, -0.05) is 29.8 Å². The van der Waals surface area contributed by atoms with Crippen LogP contribution in [-0.4, -0.2) is 65.2 Å². The van der Waals surface area contributed by atoms with E-state index < -0.39 is 6.10 Å². The van der Waals surface area contributed by atoms with Crippen LogP contribution in [-0.2, 0) is 0 Å². The van der Waals surface area contributed by atoms with Gasteiger partial charge in [-0.3, -0.25) is 4.99 Å². The van der Waals surface area contributed by atoms with Crippen LogP contribution in [0.15, 0.2) is 47.7 Å². The quantitative estimate of drug-likeness (QED) is 0.376. The minimum atomic E-state index is -0.599. The lowest BCUT2D eigenvalue weighted by atomic mass is 10.1. The number of aryl methyl sites for hydroxylation is 1. The minimum absolute atomic E-state index is 0. The number of benzene rings is 1. The van der Waals surface area contributed by atoms with Gasteiger partial charge in [-0.25, -0.2) is 9.97 Å². The van der Waals surface area contributed by atoms with Crippen molar-refractivity contribution in [2.45, 2.75) is 20.0 Å². The number of nitrogens with one attached hydrogen (secondary N) is 1. The second-order valence-corrected chi connectivity index (χ2v) is 6.64. The molecule has 7 nitrogen and oxygen atoms in total. The number of rotatable bonds is 5. The van der Waals surface area contributed by atoms with Gasteiger partial charge in [-0.05, 0) is 25.5 Å². The van der Waals surface area contributed by atoms with Gasteiger partial charge in [-0.15, -0.1) is 24.0 Å². The molecule has 1 aliphatic heterocycles. The number of guanidine groups is 1. The van der Waals surface area contributed by atoms with Crippen molar-refractivity contribution in [1.29, 1.82) is 0 Å². The van der Waals surface area contributed by atoms with Crippen molar-refractivity contribution in [3.05, 3.63) is 53.9 Å². The number of aromatic nitrogens is 2. The van der Waals surface area contributed by atoms with E-state index in [4.69, 9.17) is 0 Å². The second-order valence-electron chi connectivity index (χ2n) is 6.64. The van der Waals surface area contributed by atoms with Crippen molar-refractivity contribution in [1.82, 2.24) is 20.2 Å². The maximum Gasteiger partial charge on any atom is 0.225 e. The maximum atomic E-state index is 10.4. The van der Waals surface area contributed by atoms with E-state index in [-0.39, 0.29) is 24.0 Å². The number of halogens is 1. The van der Waals surface area contributed by atoms with Crippen molar-refractivity contribution in [3.8, 4) is 0 Å². The molecule has 152 valence electrons. The highest BCUT2D eigenvalue weighted by Crippen LogP contribution is 2.15. The number of hydrogen-bond acceptors (Lipinski definition) is 5. The number of aliphatic hydroxyl groups excluding tert-OH is 1. The van der Waals surface area contributed by atoms with E-state index in [0.29, 0.717) is 6.54 Å². The Hall–Kier alpha value is -1.94. The zero-order valence-electron chi connectivity index (χ0n) is 16.5. The summed E-state index contributed by atoms with van der Waals surface area (Å²) in [4.78, 5) is 17.7. The zero-order chi connectivity index (χ0) is 19.1. The number of aliphatic imine (C=N–C) groups is 1. The summed E-state index contributed by atoms with van der Waals surface area (Å²) >= 11 is 0. The Kier molecular flexibility index (Phi) is 8.91. The molecule has 2 heterocycles. The highest BCUT2D eigenvalue weighted by Gasteiger charge is 2.21. The summed E-state index contributed by atoms with van der Waals surface area (Å²) in [6.45, 7) is 8.59. The number of nitrogens with zero attached hydrogens (tertiary/aromatic N) is 5. The SMILES string of the molecule is CCNC(=NCC(O)c1ccc(C)cc1)N1CCN(c2ncccn2)CC1.I. The fourth-order valence-electron chi connectivity index (χ4n) is 3.07. The molecule has 3 rings (SSSR count). The first-order valence-corrected chi connectivity index (χ1v) is 9.47. The van der Waals surface area contributed by atoms with Crippen LogP contribution >= 0.6 is 24.0 Å². The molecule has 1 atom stereocenters. The Bertz CT molecular complexity index is 732. The largest absolute Gasteiger partial charge is 0.386 e. The Morgan fingerprint density at radius 3 is 2.39 bits per heavy atom. The molecule has 0 saturated carbocycles. The van der Waals surface area contributed by atoms with E-state index in [1.54, 1.807) is 12.4 Å². The van der Waals surface area contributed by atoms with Crippen LogP contribution in [0.1, 0.15) is 24.2 Å². The molecule has 0 bridgehead atoms. The van der Waals surface area contributed by atoms with E-state index >= 15 is 0 Å². The Morgan fingerprint density at radius 2 is 1.79 bits per heavy atom. The summed E-state index contributed by atoms with van der Waals surface area (Å²) < 4.78 is 0. The highest BCUT2D eigenvalue weighted by atomic mass is 127. The normalized spacial score (nSPS) is 15.8. The van der Waals surface area contributed by atoms with Gasteiger partial charge in [0.1, 0.15) is 0 Å². The molecule has 8 heteroatoms. The molecular weight excluding hydrogens is 467 g/mol. The smallest absolute Gasteiger partial charge is 0.225 e. The van der Waals surface area contributed by atoms with Crippen LogP contribution in [0.25, 0.3) is 0 Å². The van der Waals surface area contributed by atoms with Crippen molar-refractivity contribution in [2.75, 3.05) is 44.2 Å². The van der Waals surface area contributed by atoms with Crippen LogP contribution < -0.4 is 10.2 Å². The average molecular weight is 496 g/mol. The number of anilines is 1. The first-order valence-electron chi connectivity index (χ1n) is 9.47. The van der Waals surface area contributed by atoms with Crippen LogP contribution in [0.4, 0.5) is 5.95 Å². The standard InChI is InChI=1S/C20H28N6O.HI/c1-3-21-19(24-15-18(27)17-7-5-16(2)6-8-17)25-11-13-26(14-12-25)20-22-9-4-10-23-20;/h4-10,18,27H,3,11-15H2,1-2H3,(H,21,24);1H. The number of aliphatic hydroxyl groups is 1. The molecule has 2 aromatic rings. The van der Waals surface area contributed by atoms with Gasteiger partial charge < -0.3 is 20.2 Å². The van der Waals surface area contributed by atoms with Crippen molar-refractivity contribution in [2.24, 2.45) is 4.99 Å². The van der Waals surface area contributed by atoms with E-state index in [0.717, 1.165) is 50.2 Å². The molecule has 1 unspecified atom stereocenters. The maximum absolute atomic E-state index is 10.4. The first kappa shape index (κ1) is 22.4. The summed E-state index contributed by atoms with van der Waals surface area (Å²) in [5, 5.41) is 13.8. The molecule has 2 N–H and O–H groups in total. The molecular formula is C20H29IN6O. The first-order chi connectivity index (χ1) is 13.2. The molecule has 0 aliphatic carbocycles. The van der Waals surface area contributed by atoms with Gasteiger partial charge in [0.25, 0.3) is 0 Å². The molecule has 1 aromatic carbocycles. The van der Waals surface area contributed by atoms with Crippen molar-refractivity contribution < 1.29 is 5.11 Å². The van der Waals surface area contributed by atoms with Crippen molar-refractivity contribution in [3.63, 3.8) is 0 Å². The third-order valence-corrected chi connectivity index (χ3v) is 4.63. The fourth-order valence-corrected chi connectivity index (χ4v) is 3.07. The van der Waals surface area contributed by atoms with Crippen LogP contribution in [0.2, 0.25) is 0 Å². The summed E-state index contributed by atoms with van der Waals surface area (Å²) in [6.07, 6.45) is 2.94. The second kappa shape index (κ2) is 11.2. The van der Waals surface area contributed by atoms with Crippen LogP contribution in [0, 0.1) is 6.92 Å². The molecule has 28 heavy (non-hydrogen) atoms. The van der Waals surface area contributed by atoms with Crippen molar-refractivity contribution >= 4 is 35.9 Å².